The number of aromatic nitrogens is 2. The van der Waals surface area contributed by atoms with E-state index in [2.05, 4.69) is 9.97 Å². The minimum absolute atomic E-state index is 0.134. The molecular formula is C10H4Cl4N2O. The van der Waals surface area contributed by atoms with Gasteiger partial charge in [-0.15, -0.1) is 0 Å². The summed E-state index contributed by atoms with van der Waals surface area (Å²) in [5.74, 6) is 0.456. The van der Waals surface area contributed by atoms with Crippen molar-refractivity contribution in [1.82, 2.24) is 9.97 Å². The fourth-order valence-electron chi connectivity index (χ4n) is 1.06. The molecule has 0 saturated heterocycles. The molecule has 17 heavy (non-hydrogen) atoms. The number of rotatable bonds is 2. The van der Waals surface area contributed by atoms with E-state index in [0.717, 1.165) is 0 Å². The van der Waals surface area contributed by atoms with E-state index in [1.54, 1.807) is 0 Å². The summed E-state index contributed by atoms with van der Waals surface area (Å²) in [6.45, 7) is 0. The van der Waals surface area contributed by atoms with Crippen molar-refractivity contribution in [2.24, 2.45) is 0 Å². The van der Waals surface area contributed by atoms with Crippen LogP contribution >= 0.6 is 46.4 Å². The summed E-state index contributed by atoms with van der Waals surface area (Å²) in [6, 6.07) is 2.96. The summed E-state index contributed by atoms with van der Waals surface area (Å²) in [5.41, 5.74) is 0. The number of benzene rings is 1. The van der Waals surface area contributed by atoms with Gasteiger partial charge < -0.3 is 4.74 Å². The van der Waals surface area contributed by atoms with E-state index in [1.165, 1.54) is 24.5 Å². The molecule has 1 heterocycles. The average Bonchev–Trinajstić information content (AvgIpc) is 2.29. The summed E-state index contributed by atoms with van der Waals surface area (Å²) in [5, 5.41) is 1.11. The number of halogens is 4. The molecule has 2 rings (SSSR count). The van der Waals surface area contributed by atoms with Crippen LogP contribution in [0.15, 0.2) is 24.5 Å². The standard InChI is InChI=1S/C10H4Cl4N2O/c11-5-3-7(13)8(4-6(5)12)17-10-9(14)15-1-2-16-10/h1-4H. The number of ether oxygens (including phenoxy) is 1. The third-order valence-electron chi connectivity index (χ3n) is 1.80. The molecule has 1 aromatic carbocycles. The van der Waals surface area contributed by atoms with E-state index in [0.29, 0.717) is 20.8 Å². The molecule has 0 fully saturated rings. The lowest BCUT2D eigenvalue weighted by Gasteiger charge is -2.08. The normalized spacial score (nSPS) is 10.4. The summed E-state index contributed by atoms with van der Waals surface area (Å²) in [4.78, 5) is 7.74. The molecule has 3 nitrogen and oxygen atoms in total. The fraction of sp³-hybridized carbons (Fsp3) is 0. The monoisotopic (exact) mass is 308 g/mol. The van der Waals surface area contributed by atoms with Gasteiger partial charge in [-0.05, 0) is 6.07 Å². The van der Waals surface area contributed by atoms with Crippen LogP contribution in [0, 0.1) is 0 Å². The third-order valence-corrected chi connectivity index (χ3v) is 3.08. The summed E-state index contributed by atoms with van der Waals surface area (Å²) < 4.78 is 5.40. The van der Waals surface area contributed by atoms with Gasteiger partial charge in [-0.25, -0.2) is 9.97 Å². The number of nitrogens with zero attached hydrogens (tertiary/aromatic N) is 2. The SMILES string of the molecule is Clc1cc(Cl)c(Oc2nccnc2Cl)cc1Cl. The van der Waals surface area contributed by atoms with Gasteiger partial charge in [0.1, 0.15) is 5.75 Å². The minimum atomic E-state index is 0.134. The Balaban J connectivity index is 2.37. The second-order valence-electron chi connectivity index (χ2n) is 2.95. The maximum atomic E-state index is 5.94. The quantitative estimate of drug-likeness (QED) is 0.741. The Hall–Kier alpha value is -0.740. The van der Waals surface area contributed by atoms with Gasteiger partial charge in [-0.3, -0.25) is 0 Å². The molecule has 1 aromatic heterocycles. The second kappa shape index (κ2) is 5.27. The second-order valence-corrected chi connectivity index (χ2v) is 4.53. The van der Waals surface area contributed by atoms with Crippen molar-refractivity contribution in [2.45, 2.75) is 0 Å². The molecule has 0 unspecified atom stereocenters. The lowest BCUT2D eigenvalue weighted by atomic mass is 10.3. The van der Waals surface area contributed by atoms with Crippen molar-refractivity contribution in [3.63, 3.8) is 0 Å². The zero-order chi connectivity index (χ0) is 12.4. The van der Waals surface area contributed by atoms with E-state index in [4.69, 9.17) is 51.1 Å². The van der Waals surface area contributed by atoms with Gasteiger partial charge in [0.25, 0.3) is 5.88 Å². The van der Waals surface area contributed by atoms with E-state index < -0.39 is 0 Å². The first kappa shape index (κ1) is 12.7. The molecule has 0 radical (unpaired) electrons. The molecule has 0 aliphatic carbocycles. The predicted octanol–water partition coefficient (Wildman–Crippen LogP) is 4.88. The van der Waals surface area contributed by atoms with Crippen molar-refractivity contribution >= 4 is 46.4 Å². The fourth-order valence-corrected chi connectivity index (χ4v) is 1.78. The van der Waals surface area contributed by atoms with Gasteiger partial charge in [0.2, 0.25) is 0 Å². The average molecular weight is 310 g/mol. The van der Waals surface area contributed by atoms with Crippen LogP contribution in [0.3, 0.4) is 0 Å². The van der Waals surface area contributed by atoms with Crippen LogP contribution in [-0.4, -0.2) is 9.97 Å². The Labute approximate surface area is 117 Å². The topological polar surface area (TPSA) is 35.0 Å². The van der Waals surface area contributed by atoms with Gasteiger partial charge in [0.15, 0.2) is 5.15 Å². The van der Waals surface area contributed by atoms with Crippen molar-refractivity contribution in [2.75, 3.05) is 0 Å². The van der Waals surface area contributed by atoms with Crippen LogP contribution in [0.1, 0.15) is 0 Å². The van der Waals surface area contributed by atoms with Crippen LogP contribution in [0.2, 0.25) is 20.2 Å². The van der Waals surface area contributed by atoms with Crippen LogP contribution < -0.4 is 4.74 Å². The number of hydrogen-bond acceptors (Lipinski definition) is 3. The van der Waals surface area contributed by atoms with Crippen LogP contribution in [0.25, 0.3) is 0 Å². The molecule has 0 aliphatic heterocycles. The lowest BCUT2D eigenvalue weighted by molar-refractivity contribution is 0.461. The molecule has 0 aliphatic rings. The first-order chi connectivity index (χ1) is 8.08. The zero-order valence-corrected chi connectivity index (χ0v) is 11.1. The Kier molecular flexibility index (Phi) is 3.94. The van der Waals surface area contributed by atoms with Crippen LogP contribution in [0.5, 0.6) is 11.6 Å². The highest BCUT2D eigenvalue weighted by Gasteiger charge is 2.11. The Morgan fingerprint density at radius 3 is 2.18 bits per heavy atom. The Morgan fingerprint density at radius 2 is 1.47 bits per heavy atom. The highest BCUT2D eigenvalue weighted by atomic mass is 35.5. The van der Waals surface area contributed by atoms with Crippen LogP contribution in [0.4, 0.5) is 0 Å². The molecule has 0 saturated carbocycles. The Morgan fingerprint density at radius 1 is 0.824 bits per heavy atom. The van der Waals surface area contributed by atoms with Gasteiger partial charge in [-0.1, -0.05) is 46.4 Å². The van der Waals surface area contributed by atoms with Gasteiger partial charge in [0.05, 0.1) is 15.1 Å². The van der Waals surface area contributed by atoms with Gasteiger partial charge >= 0.3 is 0 Å². The predicted molar refractivity (Wildman–Crippen MR) is 68.6 cm³/mol. The van der Waals surface area contributed by atoms with Gasteiger partial charge in [0, 0.05) is 18.5 Å². The molecule has 88 valence electrons. The largest absolute Gasteiger partial charge is 0.435 e. The molecule has 0 N–H and O–H groups in total. The molecular weight excluding hydrogens is 306 g/mol. The highest BCUT2D eigenvalue weighted by Crippen LogP contribution is 2.36. The molecule has 0 bridgehead atoms. The van der Waals surface area contributed by atoms with Crippen molar-refractivity contribution in [1.29, 1.82) is 0 Å². The smallest absolute Gasteiger partial charge is 0.257 e. The zero-order valence-electron chi connectivity index (χ0n) is 8.12. The van der Waals surface area contributed by atoms with E-state index in [9.17, 15) is 0 Å². The first-order valence-corrected chi connectivity index (χ1v) is 5.88. The third kappa shape index (κ3) is 2.93. The molecule has 0 atom stereocenters. The number of hydrogen-bond donors (Lipinski definition) is 0. The molecule has 7 heteroatoms. The molecule has 0 spiro atoms. The summed E-state index contributed by atoms with van der Waals surface area (Å²) in [7, 11) is 0. The van der Waals surface area contributed by atoms with E-state index in [-0.39, 0.29) is 11.0 Å². The van der Waals surface area contributed by atoms with Gasteiger partial charge in [-0.2, -0.15) is 0 Å². The lowest BCUT2D eigenvalue weighted by Crippen LogP contribution is -1.91. The highest BCUT2D eigenvalue weighted by molar-refractivity contribution is 6.43. The van der Waals surface area contributed by atoms with Crippen LogP contribution in [-0.2, 0) is 0 Å². The van der Waals surface area contributed by atoms with Crippen molar-refractivity contribution < 1.29 is 4.74 Å². The van der Waals surface area contributed by atoms with E-state index in [1.807, 2.05) is 0 Å². The Bertz CT molecular complexity index is 562. The molecule has 0 amide bonds. The molecule has 2 aromatic rings. The summed E-state index contributed by atoms with van der Waals surface area (Å²) >= 11 is 23.4. The van der Waals surface area contributed by atoms with Crippen molar-refractivity contribution in [3.05, 3.63) is 44.7 Å². The summed E-state index contributed by atoms with van der Waals surface area (Å²) in [6.07, 6.45) is 2.90. The maximum absolute atomic E-state index is 5.94. The van der Waals surface area contributed by atoms with Crippen molar-refractivity contribution in [3.8, 4) is 11.6 Å². The van der Waals surface area contributed by atoms with E-state index >= 15 is 0 Å². The minimum Gasteiger partial charge on any atom is -0.435 e. The first-order valence-electron chi connectivity index (χ1n) is 4.37. The maximum Gasteiger partial charge on any atom is 0.257 e.